The van der Waals surface area contributed by atoms with Gasteiger partial charge >= 0.3 is 0 Å². The highest BCUT2D eigenvalue weighted by atomic mass is 16.5. The average molecular weight is 274 g/mol. The molecular weight excluding hydrogens is 256 g/mol. The van der Waals surface area contributed by atoms with E-state index in [4.69, 9.17) is 9.47 Å². The van der Waals surface area contributed by atoms with E-state index in [1.54, 1.807) is 7.11 Å². The number of aliphatic hydroxyl groups is 1. The molecule has 4 nitrogen and oxygen atoms in total. The maximum atomic E-state index is 11.6. The fourth-order valence-electron chi connectivity index (χ4n) is 2.10. The van der Waals surface area contributed by atoms with Crippen LogP contribution in [0.15, 0.2) is 47.4 Å². The largest absolute Gasteiger partial charge is 0.511 e. The molecule has 1 aliphatic rings. The Morgan fingerprint density at radius 1 is 1.30 bits per heavy atom. The third kappa shape index (κ3) is 3.20. The zero-order valence-corrected chi connectivity index (χ0v) is 11.7. The SMILES string of the molecule is COc1ccc(COC2=CCCC(O)=C2C(C)=O)cc1. The van der Waals surface area contributed by atoms with Gasteiger partial charge in [-0.05, 0) is 37.1 Å². The van der Waals surface area contributed by atoms with Gasteiger partial charge in [0.15, 0.2) is 5.78 Å². The maximum absolute atomic E-state index is 11.6. The Bertz CT molecular complexity index is 552. The van der Waals surface area contributed by atoms with Crippen LogP contribution in [-0.2, 0) is 16.1 Å². The quantitative estimate of drug-likeness (QED) is 0.895. The van der Waals surface area contributed by atoms with Crippen molar-refractivity contribution in [2.75, 3.05) is 7.11 Å². The third-order valence-electron chi connectivity index (χ3n) is 3.15. The van der Waals surface area contributed by atoms with Gasteiger partial charge in [0.05, 0.1) is 12.7 Å². The number of aliphatic hydroxyl groups excluding tert-OH is 1. The molecule has 0 aliphatic heterocycles. The van der Waals surface area contributed by atoms with Gasteiger partial charge in [-0.1, -0.05) is 12.1 Å². The van der Waals surface area contributed by atoms with E-state index < -0.39 is 0 Å². The number of benzene rings is 1. The van der Waals surface area contributed by atoms with Crippen LogP contribution in [0, 0.1) is 0 Å². The Labute approximate surface area is 118 Å². The molecule has 0 fully saturated rings. The summed E-state index contributed by atoms with van der Waals surface area (Å²) in [6, 6.07) is 7.51. The topological polar surface area (TPSA) is 55.8 Å². The molecule has 106 valence electrons. The number of Topliss-reactive ketones (excluding diaryl/α,β-unsaturated/α-hetero) is 1. The van der Waals surface area contributed by atoms with Gasteiger partial charge in [0, 0.05) is 6.42 Å². The van der Waals surface area contributed by atoms with Crippen LogP contribution in [0.1, 0.15) is 25.3 Å². The first-order valence-corrected chi connectivity index (χ1v) is 6.51. The van der Waals surface area contributed by atoms with Crippen molar-refractivity contribution in [1.29, 1.82) is 0 Å². The predicted octanol–water partition coefficient (Wildman–Crippen LogP) is 3.29. The lowest BCUT2D eigenvalue weighted by Crippen LogP contribution is -2.11. The number of allylic oxidation sites excluding steroid dienone is 3. The van der Waals surface area contributed by atoms with Gasteiger partial charge in [-0.2, -0.15) is 0 Å². The minimum absolute atomic E-state index is 0.115. The van der Waals surface area contributed by atoms with Gasteiger partial charge in [0.2, 0.25) is 0 Å². The van der Waals surface area contributed by atoms with E-state index in [0.717, 1.165) is 11.3 Å². The van der Waals surface area contributed by atoms with Gasteiger partial charge in [0.25, 0.3) is 0 Å². The molecule has 1 N–H and O–H groups in total. The second-order valence-electron chi connectivity index (χ2n) is 4.62. The molecule has 0 amide bonds. The van der Waals surface area contributed by atoms with Crippen molar-refractivity contribution < 1.29 is 19.4 Å². The summed E-state index contributed by atoms with van der Waals surface area (Å²) in [6.45, 7) is 1.78. The Balaban J connectivity index is 2.05. The van der Waals surface area contributed by atoms with E-state index in [1.807, 2.05) is 30.3 Å². The van der Waals surface area contributed by atoms with Gasteiger partial charge in [-0.15, -0.1) is 0 Å². The number of ketones is 1. The Morgan fingerprint density at radius 3 is 2.60 bits per heavy atom. The Morgan fingerprint density at radius 2 is 2.00 bits per heavy atom. The molecule has 0 heterocycles. The van der Waals surface area contributed by atoms with Crippen molar-refractivity contribution in [2.45, 2.75) is 26.4 Å². The molecule has 0 aromatic heterocycles. The lowest BCUT2D eigenvalue weighted by atomic mass is 10.00. The second-order valence-corrected chi connectivity index (χ2v) is 4.62. The van der Waals surface area contributed by atoms with Gasteiger partial charge in [-0.25, -0.2) is 0 Å². The van der Waals surface area contributed by atoms with Crippen molar-refractivity contribution in [1.82, 2.24) is 0 Å². The standard InChI is InChI=1S/C16H18O4/c1-11(17)16-14(18)4-3-5-15(16)20-10-12-6-8-13(19-2)9-7-12/h5-9,18H,3-4,10H2,1-2H3. The summed E-state index contributed by atoms with van der Waals surface area (Å²) in [6.07, 6.45) is 3.02. The average Bonchev–Trinajstić information content (AvgIpc) is 2.45. The number of methoxy groups -OCH3 is 1. The maximum Gasteiger partial charge on any atom is 0.166 e. The first-order chi connectivity index (χ1) is 9.61. The zero-order valence-electron chi connectivity index (χ0n) is 11.7. The summed E-state index contributed by atoms with van der Waals surface area (Å²) in [7, 11) is 1.62. The predicted molar refractivity (Wildman–Crippen MR) is 75.4 cm³/mol. The smallest absolute Gasteiger partial charge is 0.166 e. The van der Waals surface area contributed by atoms with Crippen LogP contribution >= 0.6 is 0 Å². The van der Waals surface area contributed by atoms with Crippen LogP contribution in [0.2, 0.25) is 0 Å². The number of ether oxygens (including phenoxy) is 2. The summed E-state index contributed by atoms with van der Waals surface area (Å²) in [5.74, 6) is 1.19. The van der Waals surface area contributed by atoms with E-state index in [-0.39, 0.29) is 11.5 Å². The van der Waals surface area contributed by atoms with Gasteiger partial charge in [0.1, 0.15) is 23.9 Å². The van der Waals surface area contributed by atoms with E-state index in [1.165, 1.54) is 6.92 Å². The van der Waals surface area contributed by atoms with Crippen molar-refractivity contribution in [3.63, 3.8) is 0 Å². The van der Waals surface area contributed by atoms with E-state index in [0.29, 0.717) is 30.8 Å². The first kappa shape index (κ1) is 14.2. The minimum atomic E-state index is -0.178. The molecule has 1 aromatic rings. The molecule has 0 atom stereocenters. The normalized spacial score (nSPS) is 14.8. The van der Waals surface area contributed by atoms with E-state index in [2.05, 4.69) is 0 Å². The van der Waals surface area contributed by atoms with Crippen LogP contribution in [-0.4, -0.2) is 18.0 Å². The second kappa shape index (κ2) is 6.28. The van der Waals surface area contributed by atoms with Crippen LogP contribution in [0.5, 0.6) is 5.75 Å². The monoisotopic (exact) mass is 274 g/mol. The molecule has 0 spiro atoms. The molecule has 1 aromatic carbocycles. The number of hydrogen-bond acceptors (Lipinski definition) is 4. The summed E-state index contributed by atoms with van der Waals surface area (Å²) in [4.78, 5) is 11.6. The number of hydrogen-bond donors (Lipinski definition) is 1. The van der Waals surface area contributed by atoms with Crippen LogP contribution in [0.25, 0.3) is 0 Å². The number of carbonyl (C=O) groups is 1. The molecule has 0 radical (unpaired) electrons. The summed E-state index contributed by atoms with van der Waals surface area (Å²) < 4.78 is 10.8. The van der Waals surface area contributed by atoms with Crippen molar-refractivity contribution in [3.8, 4) is 5.75 Å². The minimum Gasteiger partial charge on any atom is -0.511 e. The fourth-order valence-corrected chi connectivity index (χ4v) is 2.10. The molecule has 1 aliphatic carbocycles. The van der Waals surface area contributed by atoms with Gasteiger partial charge < -0.3 is 14.6 Å². The third-order valence-corrected chi connectivity index (χ3v) is 3.15. The summed E-state index contributed by atoms with van der Waals surface area (Å²) in [5, 5.41) is 9.80. The highest BCUT2D eigenvalue weighted by molar-refractivity contribution is 5.97. The Hall–Kier alpha value is -2.23. The molecule has 0 saturated heterocycles. The fraction of sp³-hybridized carbons (Fsp3) is 0.312. The molecule has 2 rings (SSSR count). The van der Waals surface area contributed by atoms with E-state index >= 15 is 0 Å². The van der Waals surface area contributed by atoms with Crippen LogP contribution < -0.4 is 4.74 Å². The first-order valence-electron chi connectivity index (χ1n) is 6.51. The van der Waals surface area contributed by atoms with Crippen LogP contribution in [0.3, 0.4) is 0 Å². The van der Waals surface area contributed by atoms with Crippen molar-refractivity contribution in [3.05, 3.63) is 53.0 Å². The molecular formula is C16H18O4. The molecule has 20 heavy (non-hydrogen) atoms. The van der Waals surface area contributed by atoms with Crippen LogP contribution in [0.4, 0.5) is 0 Å². The summed E-state index contributed by atoms with van der Waals surface area (Å²) >= 11 is 0. The van der Waals surface area contributed by atoms with Gasteiger partial charge in [-0.3, -0.25) is 4.79 Å². The number of rotatable bonds is 5. The zero-order chi connectivity index (χ0) is 14.5. The lowest BCUT2D eigenvalue weighted by Gasteiger charge is -2.17. The highest BCUT2D eigenvalue weighted by Gasteiger charge is 2.20. The molecule has 4 heteroatoms. The number of carbonyl (C=O) groups excluding carboxylic acids is 1. The lowest BCUT2D eigenvalue weighted by molar-refractivity contribution is -0.114. The van der Waals surface area contributed by atoms with Crippen molar-refractivity contribution >= 4 is 5.78 Å². The van der Waals surface area contributed by atoms with E-state index in [9.17, 15) is 9.90 Å². The molecule has 0 unspecified atom stereocenters. The molecule has 0 saturated carbocycles. The highest BCUT2D eigenvalue weighted by Crippen LogP contribution is 2.26. The Kier molecular flexibility index (Phi) is 4.45. The molecule has 0 bridgehead atoms. The summed E-state index contributed by atoms with van der Waals surface area (Å²) in [5.41, 5.74) is 1.27. The van der Waals surface area contributed by atoms with Crippen molar-refractivity contribution in [2.24, 2.45) is 0 Å².